The van der Waals surface area contributed by atoms with Crippen LogP contribution >= 0.6 is 0 Å². The van der Waals surface area contributed by atoms with Crippen molar-refractivity contribution in [2.24, 2.45) is 5.92 Å². The average Bonchev–Trinajstić information content (AvgIpc) is 3.14. The summed E-state index contributed by atoms with van der Waals surface area (Å²) in [5.74, 6) is 0.880. The number of carbonyl (C=O) groups excluding carboxylic acids is 2. The van der Waals surface area contributed by atoms with Crippen LogP contribution in [0, 0.1) is 5.92 Å². The van der Waals surface area contributed by atoms with Crippen LogP contribution < -0.4 is 0 Å². The molecule has 0 unspecified atom stereocenters. The summed E-state index contributed by atoms with van der Waals surface area (Å²) in [6.07, 6.45) is 7.20. The number of amides is 2. The molecule has 0 saturated carbocycles. The van der Waals surface area contributed by atoms with Crippen molar-refractivity contribution < 1.29 is 14.3 Å². The number of allylic oxidation sites excluding steroid dienone is 2. The van der Waals surface area contributed by atoms with Gasteiger partial charge < -0.3 is 14.5 Å². The number of nitrogens with zero attached hydrogens (tertiary/aromatic N) is 3. The summed E-state index contributed by atoms with van der Waals surface area (Å²) in [5, 5.41) is 0. The molecule has 1 aliphatic carbocycles. The number of carbonyl (C=O) groups is 2. The molecular weight excluding hydrogens is 306 g/mol. The number of hydrogen-bond donors (Lipinski definition) is 0. The van der Waals surface area contributed by atoms with Gasteiger partial charge in [-0.25, -0.2) is 0 Å². The fourth-order valence-corrected chi connectivity index (χ4v) is 3.78. The molecule has 0 N–H and O–H groups in total. The maximum atomic E-state index is 12.6. The second kappa shape index (κ2) is 8.12. The van der Waals surface area contributed by atoms with Gasteiger partial charge in [-0.3, -0.25) is 14.5 Å². The van der Waals surface area contributed by atoms with Crippen molar-refractivity contribution >= 4 is 11.8 Å². The highest BCUT2D eigenvalue weighted by Gasteiger charge is 2.31. The third kappa shape index (κ3) is 4.16. The molecular formula is C18H29N3O3. The first-order chi connectivity index (χ1) is 11.6. The Bertz CT molecular complexity index is 480. The predicted octanol–water partition coefficient (Wildman–Crippen LogP) is 0.734. The first-order valence-corrected chi connectivity index (χ1v) is 9.20. The summed E-state index contributed by atoms with van der Waals surface area (Å²) in [6, 6.07) is -0.113. The van der Waals surface area contributed by atoms with Crippen molar-refractivity contribution in [3.63, 3.8) is 0 Å². The van der Waals surface area contributed by atoms with Crippen LogP contribution in [-0.4, -0.2) is 85.0 Å². The van der Waals surface area contributed by atoms with E-state index in [2.05, 4.69) is 17.1 Å². The summed E-state index contributed by atoms with van der Waals surface area (Å²) < 4.78 is 5.31. The molecule has 2 atom stereocenters. The summed E-state index contributed by atoms with van der Waals surface area (Å²) in [6.45, 7) is 7.66. The zero-order valence-electron chi connectivity index (χ0n) is 14.7. The first-order valence-electron chi connectivity index (χ1n) is 9.20. The monoisotopic (exact) mass is 335 g/mol. The predicted molar refractivity (Wildman–Crippen MR) is 91.5 cm³/mol. The highest BCUT2D eigenvalue weighted by atomic mass is 16.5. The van der Waals surface area contributed by atoms with E-state index in [1.807, 2.05) is 16.7 Å². The van der Waals surface area contributed by atoms with Gasteiger partial charge in [0.15, 0.2) is 0 Å². The van der Waals surface area contributed by atoms with E-state index in [1.165, 1.54) is 0 Å². The van der Waals surface area contributed by atoms with Gasteiger partial charge in [-0.1, -0.05) is 12.2 Å². The van der Waals surface area contributed by atoms with Gasteiger partial charge in [0.2, 0.25) is 11.8 Å². The molecule has 6 heteroatoms. The highest BCUT2D eigenvalue weighted by Crippen LogP contribution is 2.22. The first kappa shape index (κ1) is 17.4. The fraction of sp³-hybridized carbons (Fsp3) is 0.778. The lowest BCUT2D eigenvalue weighted by Gasteiger charge is -2.39. The van der Waals surface area contributed by atoms with Crippen molar-refractivity contribution in [2.45, 2.75) is 32.2 Å². The smallest absolute Gasteiger partial charge is 0.239 e. The van der Waals surface area contributed by atoms with Crippen LogP contribution in [-0.2, 0) is 14.3 Å². The van der Waals surface area contributed by atoms with Crippen LogP contribution in [0.2, 0.25) is 0 Å². The standard InChI is InChI=1S/C18H29N3O3/c1-15(18(23)21-10-12-24-13-11-21)19-6-8-20(9-7-19)17(22)14-16-4-2-3-5-16/h2,4,15-16H,3,5-14H2,1H3/t15-,16-/m0/s1. The Labute approximate surface area is 144 Å². The van der Waals surface area contributed by atoms with E-state index in [9.17, 15) is 9.59 Å². The van der Waals surface area contributed by atoms with Crippen LogP contribution in [0.4, 0.5) is 0 Å². The molecule has 2 amide bonds. The van der Waals surface area contributed by atoms with Crippen molar-refractivity contribution in [3.8, 4) is 0 Å². The Kier molecular flexibility index (Phi) is 5.89. The van der Waals surface area contributed by atoms with Crippen LogP contribution in [0.5, 0.6) is 0 Å². The van der Waals surface area contributed by atoms with Gasteiger partial charge in [0.05, 0.1) is 19.3 Å². The number of ether oxygens (including phenoxy) is 1. The highest BCUT2D eigenvalue weighted by molar-refractivity contribution is 5.81. The normalized spacial score (nSPS) is 26.6. The number of morpholine rings is 1. The molecule has 0 bridgehead atoms. The third-order valence-electron chi connectivity index (χ3n) is 5.44. The minimum Gasteiger partial charge on any atom is -0.378 e. The van der Waals surface area contributed by atoms with Gasteiger partial charge in [-0.05, 0) is 25.7 Å². The lowest BCUT2D eigenvalue weighted by Crippen LogP contribution is -2.56. The second-order valence-electron chi connectivity index (χ2n) is 7.00. The molecule has 2 heterocycles. The number of piperazine rings is 1. The zero-order chi connectivity index (χ0) is 16.9. The summed E-state index contributed by atoms with van der Waals surface area (Å²) >= 11 is 0. The van der Waals surface area contributed by atoms with Crippen LogP contribution in [0.15, 0.2) is 12.2 Å². The molecule has 3 aliphatic rings. The van der Waals surface area contributed by atoms with E-state index < -0.39 is 0 Å². The Morgan fingerprint density at radius 3 is 2.42 bits per heavy atom. The Hall–Kier alpha value is -1.40. The molecule has 0 radical (unpaired) electrons. The maximum Gasteiger partial charge on any atom is 0.239 e. The molecule has 0 aromatic heterocycles. The minimum absolute atomic E-state index is 0.113. The van der Waals surface area contributed by atoms with E-state index >= 15 is 0 Å². The Balaban J connectivity index is 1.44. The van der Waals surface area contributed by atoms with Crippen molar-refractivity contribution in [2.75, 3.05) is 52.5 Å². The molecule has 24 heavy (non-hydrogen) atoms. The van der Waals surface area contributed by atoms with Gasteiger partial charge in [-0.15, -0.1) is 0 Å². The van der Waals surface area contributed by atoms with E-state index in [-0.39, 0.29) is 17.9 Å². The van der Waals surface area contributed by atoms with Crippen molar-refractivity contribution in [1.82, 2.24) is 14.7 Å². The second-order valence-corrected chi connectivity index (χ2v) is 7.00. The lowest BCUT2D eigenvalue weighted by molar-refractivity contribution is -0.142. The fourth-order valence-electron chi connectivity index (χ4n) is 3.78. The largest absolute Gasteiger partial charge is 0.378 e. The molecule has 2 saturated heterocycles. The van der Waals surface area contributed by atoms with E-state index in [0.717, 1.165) is 39.0 Å². The number of rotatable bonds is 4. The quantitative estimate of drug-likeness (QED) is 0.711. The van der Waals surface area contributed by atoms with E-state index in [0.29, 0.717) is 38.6 Å². The maximum absolute atomic E-state index is 12.6. The zero-order valence-corrected chi connectivity index (χ0v) is 14.7. The van der Waals surface area contributed by atoms with Gasteiger partial charge >= 0.3 is 0 Å². The number of hydrogen-bond acceptors (Lipinski definition) is 4. The summed E-state index contributed by atoms with van der Waals surface area (Å²) in [5.41, 5.74) is 0. The minimum atomic E-state index is -0.113. The molecule has 0 aromatic rings. The van der Waals surface area contributed by atoms with E-state index in [4.69, 9.17) is 4.74 Å². The third-order valence-corrected chi connectivity index (χ3v) is 5.44. The van der Waals surface area contributed by atoms with Crippen molar-refractivity contribution in [1.29, 1.82) is 0 Å². The molecule has 2 aliphatic heterocycles. The Morgan fingerprint density at radius 1 is 1.08 bits per heavy atom. The SMILES string of the molecule is C[C@@H](C(=O)N1CCOCC1)N1CCN(C(=O)C[C@H]2C=CCC2)CC1. The molecule has 0 spiro atoms. The summed E-state index contributed by atoms with van der Waals surface area (Å²) in [7, 11) is 0. The van der Waals surface area contributed by atoms with Gasteiger partial charge in [-0.2, -0.15) is 0 Å². The molecule has 134 valence electrons. The molecule has 6 nitrogen and oxygen atoms in total. The van der Waals surface area contributed by atoms with Crippen LogP contribution in [0.25, 0.3) is 0 Å². The van der Waals surface area contributed by atoms with Gasteiger partial charge in [0.25, 0.3) is 0 Å². The van der Waals surface area contributed by atoms with Gasteiger partial charge in [0, 0.05) is 45.7 Å². The molecule has 2 fully saturated rings. The Morgan fingerprint density at radius 2 is 1.79 bits per heavy atom. The average molecular weight is 335 g/mol. The van der Waals surface area contributed by atoms with E-state index in [1.54, 1.807) is 0 Å². The molecule has 3 rings (SSSR count). The molecule has 0 aromatic carbocycles. The lowest BCUT2D eigenvalue weighted by atomic mass is 10.0. The van der Waals surface area contributed by atoms with Crippen LogP contribution in [0.1, 0.15) is 26.2 Å². The topological polar surface area (TPSA) is 53.1 Å². The van der Waals surface area contributed by atoms with Gasteiger partial charge in [0.1, 0.15) is 0 Å². The van der Waals surface area contributed by atoms with Crippen LogP contribution in [0.3, 0.4) is 0 Å². The van der Waals surface area contributed by atoms with Crippen molar-refractivity contribution in [3.05, 3.63) is 12.2 Å². The summed E-state index contributed by atoms with van der Waals surface area (Å²) in [4.78, 5) is 31.1.